The number of rotatable bonds is 0. The highest BCUT2D eigenvalue weighted by Gasteiger charge is 1.98. The fourth-order valence-electron chi connectivity index (χ4n) is 0.398. The smallest absolute Gasteiger partial charge is 0.146 e. The van der Waals surface area contributed by atoms with Gasteiger partial charge in [0, 0.05) is 11.2 Å². The van der Waals surface area contributed by atoms with Crippen molar-refractivity contribution in [2.24, 2.45) is 0 Å². The molecule has 2 nitrogen and oxygen atoms in total. The monoisotopic (exact) mass is 118 g/mol. The zero-order valence-corrected chi connectivity index (χ0v) is 4.50. The van der Waals surface area contributed by atoms with Crippen LogP contribution in [0.3, 0.4) is 0 Å². The zero-order chi connectivity index (χ0) is 6.85. The molecular formula is C4HB2FN2. The molecule has 0 amide bonds. The normalized spacial score (nSPS) is 9.44. The summed E-state index contributed by atoms with van der Waals surface area (Å²) in [6.45, 7) is 0. The fraction of sp³-hybridized carbons (Fsp3) is 0. The van der Waals surface area contributed by atoms with E-state index in [9.17, 15) is 4.39 Å². The molecule has 1 aromatic heterocycles. The van der Waals surface area contributed by atoms with Gasteiger partial charge in [-0.15, -0.1) is 0 Å². The highest BCUT2D eigenvalue weighted by atomic mass is 19.1. The van der Waals surface area contributed by atoms with E-state index < -0.39 is 5.82 Å². The van der Waals surface area contributed by atoms with E-state index in [1.807, 2.05) is 0 Å². The zero-order valence-electron chi connectivity index (χ0n) is 4.50. The number of nitrogens with zero attached hydrogens (tertiary/aromatic N) is 2. The second-order valence-electron chi connectivity index (χ2n) is 1.46. The molecule has 0 saturated carbocycles. The first-order chi connectivity index (χ1) is 4.22. The third kappa shape index (κ3) is 1.09. The SMILES string of the molecule is [B]c1ncnc([B])c1F. The second kappa shape index (κ2) is 2.17. The Morgan fingerprint density at radius 2 is 1.67 bits per heavy atom. The van der Waals surface area contributed by atoms with Gasteiger partial charge in [0.1, 0.15) is 27.8 Å². The van der Waals surface area contributed by atoms with Crippen molar-refractivity contribution >= 4 is 26.9 Å². The minimum Gasteiger partial charge on any atom is -0.250 e. The molecule has 40 valence electrons. The Labute approximate surface area is 54.3 Å². The Kier molecular flexibility index (Phi) is 1.51. The van der Waals surface area contributed by atoms with Gasteiger partial charge in [-0.3, -0.25) is 9.97 Å². The van der Waals surface area contributed by atoms with E-state index in [1.165, 1.54) is 0 Å². The van der Waals surface area contributed by atoms with Gasteiger partial charge in [-0.2, -0.15) is 0 Å². The molecule has 0 atom stereocenters. The summed E-state index contributed by atoms with van der Waals surface area (Å²) in [6, 6.07) is 0. The van der Waals surface area contributed by atoms with Crippen LogP contribution in [0.25, 0.3) is 0 Å². The Morgan fingerprint density at radius 1 is 1.22 bits per heavy atom. The third-order valence-electron chi connectivity index (χ3n) is 0.843. The number of hydrogen-bond acceptors (Lipinski definition) is 2. The standard InChI is InChI=1S/C4HB2FN2/c5-3-2(7)4(6)9-1-8-3/h1H. The molecule has 0 bridgehead atoms. The summed E-state index contributed by atoms with van der Waals surface area (Å²) in [6.07, 6.45) is 1.10. The first-order valence-corrected chi connectivity index (χ1v) is 2.23. The predicted molar refractivity (Wildman–Crippen MR) is 32.8 cm³/mol. The Morgan fingerprint density at radius 3 is 2.00 bits per heavy atom. The summed E-state index contributed by atoms with van der Waals surface area (Å²) >= 11 is 0. The Hall–Kier alpha value is -0.860. The highest BCUT2D eigenvalue weighted by Crippen LogP contribution is 1.77. The third-order valence-corrected chi connectivity index (χ3v) is 0.843. The van der Waals surface area contributed by atoms with E-state index in [-0.39, 0.29) is 11.2 Å². The van der Waals surface area contributed by atoms with Crippen molar-refractivity contribution < 1.29 is 4.39 Å². The van der Waals surface area contributed by atoms with E-state index in [0.717, 1.165) is 6.33 Å². The van der Waals surface area contributed by atoms with Crippen molar-refractivity contribution in [2.75, 3.05) is 0 Å². The van der Waals surface area contributed by atoms with Crippen molar-refractivity contribution in [1.29, 1.82) is 0 Å². The van der Waals surface area contributed by atoms with Crippen molar-refractivity contribution in [1.82, 2.24) is 9.97 Å². The van der Waals surface area contributed by atoms with Crippen LogP contribution in [0.1, 0.15) is 0 Å². The molecule has 1 rings (SSSR count). The molecule has 5 heteroatoms. The predicted octanol–water partition coefficient (Wildman–Crippen LogP) is -1.80. The molecule has 9 heavy (non-hydrogen) atoms. The first kappa shape index (κ1) is 6.26. The second-order valence-corrected chi connectivity index (χ2v) is 1.46. The van der Waals surface area contributed by atoms with Crippen LogP contribution in [-0.4, -0.2) is 25.7 Å². The molecular weight excluding hydrogens is 117 g/mol. The molecule has 1 heterocycles. The van der Waals surface area contributed by atoms with Gasteiger partial charge in [-0.25, -0.2) is 4.39 Å². The van der Waals surface area contributed by atoms with Crippen LogP contribution in [0.4, 0.5) is 4.39 Å². The van der Waals surface area contributed by atoms with Crippen molar-refractivity contribution in [3.05, 3.63) is 12.1 Å². The summed E-state index contributed by atoms with van der Waals surface area (Å²) < 4.78 is 12.4. The fourth-order valence-corrected chi connectivity index (χ4v) is 0.398. The maximum absolute atomic E-state index is 12.4. The van der Waals surface area contributed by atoms with Gasteiger partial charge in [0.25, 0.3) is 0 Å². The van der Waals surface area contributed by atoms with Gasteiger partial charge in [-0.05, 0) is 0 Å². The molecule has 0 aliphatic rings. The van der Waals surface area contributed by atoms with E-state index in [1.54, 1.807) is 0 Å². The van der Waals surface area contributed by atoms with Gasteiger partial charge >= 0.3 is 0 Å². The lowest BCUT2D eigenvalue weighted by Gasteiger charge is -1.95. The minimum atomic E-state index is -0.752. The molecule has 0 aliphatic heterocycles. The van der Waals surface area contributed by atoms with Crippen LogP contribution in [-0.2, 0) is 0 Å². The van der Waals surface area contributed by atoms with Crippen LogP contribution < -0.4 is 11.2 Å². The maximum Gasteiger partial charge on any atom is 0.146 e. The summed E-state index contributed by atoms with van der Waals surface area (Å²) in [5.41, 5.74) is -0.440. The first-order valence-electron chi connectivity index (χ1n) is 2.23. The van der Waals surface area contributed by atoms with Gasteiger partial charge in [-0.1, -0.05) is 0 Å². The number of aromatic nitrogens is 2. The number of halogens is 1. The Balaban J connectivity index is 3.25. The van der Waals surface area contributed by atoms with E-state index in [4.69, 9.17) is 15.7 Å². The van der Waals surface area contributed by atoms with Gasteiger partial charge in [0.05, 0.1) is 0 Å². The molecule has 0 saturated heterocycles. The summed E-state index contributed by atoms with van der Waals surface area (Å²) in [4.78, 5) is 6.70. The molecule has 1 aromatic rings. The largest absolute Gasteiger partial charge is 0.250 e. The average molecular weight is 118 g/mol. The van der Waals surface area contributed by atoms with Crippen molar-refractivity contribution in [2.45, 2.75) is 0 Å². The average Bonchev–Trinajstić information content (AvgIpc) is 1.83. The molecule has 0 spiro atoms. The van der Waals surface area contributed by atoms with E-state index >= 15 is 0 Å². The lowest BCUT2D eigenvalue weighted by Crippen LogP contribution is -2.26. The number of hydrogen-bond donors (Lipinski definition) is 0. The maximum atomic E-state index is 12.4. The summed E-state index contributed by atoms with van der Waals surface area (Å²) in [5.74, 6) is -0.752. The summed E-state index contributed by atoms with van der Waals surface area (Å²) in [7, 11) is 10.0. The summed E-state index contributed by atoms with van der Waals surface area (Å²) in [5, 5.41) is 0. The van der Waals surface area contributed by atoms with Crippen molar-refractivity contribution in [3.8, 4) is 0 Å². The van der Waals surface area contributed by atoms with Gasteiger partial charge < -0.3 is 0 Å². The molecule has 4 radical (unpaired) electrons. The van der Waals surface area contributed by atoms with E-state index in [0.29, 0.717) is 0 Å². The molecule has 0 aromatic carbocycles. The highest BCUT2D eigenvalue weighted by molar-refractivity contribution is 6.36. The quantitative estimate of drug-likeness (QED) is 0.375. The van der Waals surface area contributed by atoms with E-state index in [2.05, 4.69) is 9.97 Å². The topological polar surface area (TPSA) is 25.8 Å². The van der Waals surface area contributed by atoms with Crippen LogP contribution in [0.2, 0.25) is 0 Å². The van der Waals surface area contributed by atoms with Crippen LogP contribution in [0, 0.1) is 5.82 Å². The van der Waals surface area contributed by atoms with Crippen LogP contribution in [0.5, 0.6) is 0 Å². The van der Waals surface area contributed by atoms with Crippen LogP contribution in [0.15, 0.2) is 6.33 Å². The minimum absolute atomic E-state index is 0.220. The molecule has 0 unspecified atom stereocenters. The molecule has 0 aliphatic carbocycles. The van der Waals surface area contributed by atoms with Crippen molar-refractivity contribution in [3.63, 3.8) is 0 Å². The van der Waals surface area contributed by atoms with Gasteiger partial charge in [0.2, 0.25) is 0 Å². The molecule has 0 N–H and O–H groups in total. The lowest BCUT2D eigenvalue weighted by atomic mass is 9.96. The van der Waals surface area contributed by atoms with Gasteiger partial charge in [0.15, 0.2) is 0 Å². The lowest BCUT2D eigenvalue weighted by molar-refractivity contribution is 0.634. The Bertz CT molecular complexity index is 208. The molecule has 0 fully saturated rings. The van der Waals surface area contributed by atoms with Crippen LogP contribution >= 0.6 is 0 Å².